The number of Topliss-reactive ketones (excluding diaryl/α,β-unsaturated/α-hetero) is 1. The highest BCUT2D eigenvalue weighted by Gasteiger charge is 2.41. The summed E-state index contributed by atoms with van der Waals surface area (Å²) in [5, 5.41) is 16.1. The number of carbonyl (C=O) groups excluding carboxylic acids is 1. The molecule has 1 atom stereocenters. The number of alkyl halides is 3. The van der Waals surface area contributed by atoms with Crippen LogP contribution < -0.4 is 0 Å². The van der Waals surface area contributed by atoms with Gasteiger partial charge in [-0.25, -0.2) is 4.68 Å². The molecule has 20 heavy (non-hydrogen) atoms. The number of unbranched alkanes of at least 4 members (excludes halogenated alkanes) is 1. The normalized spacial score (nSPS) is 13.4. The number of halogens is 3. The molecule has 0 saturated carbocycles. The Balaban J connectivity index is 2.46. The zero-order chi connectivity index (χ0) is 15.2. The molecule has 1 N–H and O–H groups in total. The van der Waals surface area contributed by atoms with Crippen LogP contribution in [0.1, 0.15) is 30.3 Å². The van der Waals surface area contributed by atoms with Gasteiger partial charge in [-0.2, -0.15) is 13.2 Å². The van der Waals surface area contributed by atoms with Crippen LogP contribution in [0.25, 0.3) is 0 Å². The van der Waals surface area contributed by atoms with Gasteiger partial charge in [-0.15, -0.1) is 5.10 Å². The lowest BCUT2D eigenvalue weighted by Crippen LogP contribution is -2.23. The Morgan fingerprint density at radius 1 is 1.55 bits per heavy atom. The van der Waals surface area contributed by atoms with E-state index in [-0.39, 0.29) is 13.2 Å². The molecule has 1 rings (SSSR count). The molecule has 1 heterocycles. The van der Waals surface area contributed by atoms with E-state index in [1.54, 1.807) is 0 Å². The van der Waals surface area contributed by atoms with Crippen molar-refractivity contribution in [3.8, 4) is 0 Å². The second-order valence-electron chi connectivity index (χ2n) is 4.23. The number of hydrogen-bond acceptors (Lipinski definition) is 5. The van der Waals surface area contributed by atoms with Crippen LogP contribution in [0, 0.1) is 0 Å². The zero-order valence-corrected chi connectivity index (χ0v) is 10.9. The third-order valence-electron chi connectivity index (χ3n) is 2.38. The fourth-order valence-electron chi connectivity index (χ4n) is 1.37. The minimum atomic E-state index is -4.98. The Morgan fingerprint density at radius 2 is 2.25 bits per heavy atom. The predicted molar refractivity (Wildman–Crippen MR) is 62.1 cm³/mol. The molecule has 0 amide bonds. The van der Waals surface area contributed by atoms with E-state index in [0.717, 1.165) is 23.7 Å². The molecular formula is C11H16F3N3O3. The lowest BCUT2D eigenvalue weighted by molar-refractivity contribution is -0.0888. The number of nitrogens with zero attached hydrogens (tertiary/aromatic N) is 3. The summed E-state index contributed by atoms with van der Waals surface area (Å²) >= 11 is 0. The molecule has 1 aromatic heterocycles. The average Bonchev–Trinajstić information content (AvgIpc) is 2.81. The molecule has 0 aromatic carbocycles. The molecule has 0 aliphatic rings. The quantitative estimate of drug-likeness (QED) is 0.576. The lowest BCUT2D eigenvalue weighted by atomic mass is 10.3. The van der Waals surface area contributed by atoms with Crippen LogP contribution in [0.15, 0.2) is 6.20 Å². The summed E-state index contributed by atoms with van der Waals surface area (Å²) in [5.41, 5.74) is -0.795. The largest absolute Gasteiger partial charge is 0.456 e. The van der Waals surface area contributed by atoms with Crippen LogP contribution in [0.2, 0.25) is 0 Å². The smallest absolute Gasteiger partial charge is 0.389 e. The first-order valence-corrected chi connectivity index (χ1v) is 6.12. The van der Waals surface area contributed by atoms with Crippen molar-refractivity contribution in [1.82, 2.24) is 15.0 Å². The van der Waals surface area contributed by atoms with Crippen LogP contribution in [-0.2, 0) is 11.3 Å². The standard InChI is InChI=1S/C11H16F3N3O3/c1-2-3-4-20-7-8(18)5-17-6-9(15-16-17)10(19)11(12,13)14/h6,8,18H,2-5,7H2,1H3. The van der Waals surface area contributed by atoms with Gasteiger partial charge in [0.2, 0.25) is 0 Å². The van der Waals surface area contributed by atoms with Crippen LogP contribution in [0.5, 0.6) is 0 Å². The maximum Gasteiger partial charge on any atom is 0.456 e. The lowest BCUT2D eigenvalue weighted by Gasteiger charge is -2.10. The Labute approximate surface area is 113 Å². The number of aliphatic hydroxyl groups excluding tert-OH is 1. The fraction of sp³-hybridized carbons (Fsp3) is 0.727. The number of aromatic nitrogens is 3. The van der Waals surface area contributed by atoms with Crippen molar-refractivity contribution in [2.75, 3.05) is 13.2 Å². The summed E-state index contributed by atoms with van der Waals surface area (Å²) in [6.07, 6.45) is -3.24. The Bertz CT molecular complexity index is 434. The van der Waals surface area contributed by atoms with Gasteiger partial charge in [-0.1, -0.05) is 18.6 Å². The first-order valence-electron chi connectivity index (χ1n) is 6.12. The molecule has 1 aromatic rings. The van der Waals surface area contributed by atoms with E-state index < -0.39 is 23.8 Å². The third-order valence-corrected chi connectivity index (χ3v) is 2.38. The van der Waals surface area contributed by atoms with E-state index in [9.17, 15) is 23.1 Å². The summed E-state index contributed by atoms with van der Waals surface area (Å²) in [5.74, 6) is -2.06. The Hall–Kier alpha value is -1.48. The molecule has 114 valence electrons. The zero-order valence-electron chi connectivity index (χ0n) is 10.9. The van der Waals surface area contributed by atoms with Crippen molar-refractivity contribution in [3.63, 3.8) is 0 Å². The molecule has 0 aliphatic heterocycles. The van der Waals surface area contributed by atoms with Crippen molar-refractivity contribution >= 4 is 5.78 Å². The minimum Gasteiger partial charge on any atom is -0.389 e. The van der Waals surface area contributed by atoms with Crippen LogP contribution >= 0.6 is 0 Å². The second-order valence-corrected chi connectivity index (χ2v) is 4.23. The van der Waals surface area contributed by atoms with Gasteiger partial charge in [0.25, 0.3) is 5.78 Å². The number of rotatable bonds is 8. The van der Waals surface area contributed by atoms with E-state index in [4.69, 9.17) is 4.74 Å². The van der Waals surface area contributed by atoms with Crippen molar-refractivity contribution < 1.29 is 27.8 Å². The average molecular weight is 295 g/mol. The summed E-state index contributed by atoms with van der Waals surface area (Å²) in [7, 11) is 0. The molecule has 1 unspecified atom stereocenters. The molecule has 0 radical (unpaired) electrons. The van der Waals surface area contributed by atoms with Gasteiger partial charge in [0.15, 0.2) is 5.69 Å². The Kier molecular flexibility index (Phi) is 6.08. The van der Waals surface area contributed by atoms with E-state index >= 15 is 0 Å². The molecule has 0 aliphatic carbocycles. The SMILES string of the molecule is CCCCOCC(O)Cn1cc(C(=O)C(F)(F)F)nn1. The summed E-state index contributed by atoms with van der Waals surface area (Å²) in [6, 6.07) is 0. The van der Waals surface area contributed by atoms with Gasteiger partial charge < -0.3 is 9.84 Å². The molecule has 0 saturated heterocycles. The van der Waals surface area contributed by atoms with Gasteiger partial charge in [-0.3, -0.25) is 4.79 Å². The van der Waals surface area contributed by atoms with Crippen LogP contribution in [0.3, 0.4) is 0 Å². The molecule has 0 fully saturated rings. The number of ether oxygens (including phenoxy) is 1. The molecular weight excluding hydrogens is 279 g/mol. The first kappa shape index (κ1) is 16.6. The predicted octanol–water partition coefficient (Wildman–Crippen LogP) is 1.20. The highest BCUT2D eigenvalue weighted by Crippen LogP contribution is 2.19. The van der Waals surface area contributed by atoms with E-state index in [2.05, 4.69) is 10.3 Å². The summed E-state index contributed by atoms with van der Waals surface area (Å²) in [4.78, 5) is 10.9. The second kappa shape index (κ2) is 7.34. The van der Waals surface area contributed by atoms with Crippen LogP contribution in [-0.4, -0.2) is 51.4 Å². The van der Waals surface area contributed by atoms with E-state index in [1.807, 2.05) is 6.92 Å². The molecule has 6 nitrogen and oxygen atoms in total. The van der Waals surface area contributed by atoms with Gasteiger partial charge in [0.05, 0.1) is 25.5 Å². The van der Waals surface area contributed by atoms with E-state index in [1.165, 1.54) is 0 Å². The highest BCUT2D eigenvalue weighted by atomic mass is 19.4. The fourth-order valence-corrected chi connectivity index (χ4v) is 1.37. The highest BCUT2D eigenvalue weighted by molar-refractivity contribution is 5.98. The van der Waals surface area contributed by atoms with Gasteiger partial charge in [0.1, 0.15) is 0 Å². The summed E-state index contributed by atoms with van der Waals surface area (Å²) < 4.78 is 42.6. The number of hydrogen-bond donors (Lipinski definition) is 1. The summed E-state index contributed by atoms with van der Waals surface area (Å²) in [6.45, 7) is 2.45. The molecule has 0 spiro atoms. The van der Waals surface area contributed by atoms with E-state index in [0.29, 0.717) is 6.61 Å². The monoisotopic (exact) mass is 295 g/mol. The van der Waals surface area contributed by atoms with Crippen molar-refractivity contribution in [2.45, 2.75) is 38.6 Å². The number of ketones is 1. The minimum absolute atomic E-state index is 0.0441. The van der Waals surface area contributed by atoms with Crippen molar-refractivity contribution in [1.29, 1.82) is 0 Å². The maximum absolute atomic E-state index is 12.1. The Morgan fingerprint density at radius 3 is 2.85 bits per heavy atom. The topological polar surface area (TPSA) is 77.2 Å². The van der Waals surface area contributed by atoms with Gasteiger partial charge in [0, 0.05) is 6.61 Å². The number of carbonyl (C=O) groups is 1. The molecule has 9 heteroatoms. The number of aliphatic hydroxyl groups is 1. The first-order chi connectivity index (χ1) is 9.34. The maximum atomic E-state index is 12.1. The third kappa shape index (κ3) is 5.25. The van der Waals surface area contributed by atoms with Crippen molar-refractivity contribution in [3.05, 3.63) is 11.9 Å². The van der Waals surface area contributed by atoms with Crippen molar-refractivity contribution in [2.24, 2.45) is 0 Å². The van der Waals surface area contributed by atoms with Crippen LogP contribution in [0.4, 0.5) is 13.2 Å². The van der Waals surface area contributed by atoms with Gasteiger partial charge >= 0.3 is 6.18 Å². The van der Waals surface area contributed by atoms with Gasteiger partial charge in [-0.05, 0) is 6.42 Å². The molecule has 0 bridgehead atoms.